The molecule has 0 bridgehead atoms. The van der Waals surface area contributed by atoms with E-state index in [1.54, 1.807) is 0 Å². The van der Waals surface area contributed by atoms with Gasteiger partial charge >= 0.3 is 0 Å². The van der Waals surface area contributed by atoms with Crippen molar-refractivity contribution in [3.8, 4) is 0 Å². The highest BCUT2D eigenvalue weighted by Crippen LogP contribution is 2.19. The number of hydrogen-bond donors (Lipinski definition) is 0. The van der Waals surface area contributed by atoms with E-state index in [0.29, 0.717) is 23.9 Å². The number of amides is 1. The normalized spacial score (nSPS) is 11.1. The molecule has 146 valence electrons. The molecule has 0 radical (unpaired) electrons. The molecule has 4 aromatic rings. The molecular weight excluding hydrogens is 360 g/mol. The van der Waals surface area contributed by atoms with E-state index in [1.165, 1.54) is 5.56 Å². The summed E-state index contributed by atoms with van der Waals surface area (Å²) in [6.07, 6.45) is 0.825. The summed E-state index contributed by atoms with van der Waals surface area (Å²) in [4.78, 5) is 27.9. The van der Waals surface area contributed by atoms with E-state index in [9.17, 15) is 9.59 Å². The summed E-state index contributed by atoms with van der Waals surface area (Å²) < 4.78 is 1.97. The van der Waals surface area contributed by atoms with Gasteiger partial charge in [0.15, 0.2) is 5.43 Å². The number of rotatable bonds is 6. The van der Waals surface area contributed by atoms with Gasteiger partial charge in [-0.25, -0.2) is 0 Å². The predicted octanol–water partition coefficient (Wildman–Crippen LogP) is 4.25. The first-order valence-electron chi connectivity index (χ1n) is 10.0. The van der Waals surface area contributed by atoms with Crippen molar-refractivity contribution in [3.05, 3.63) is 94.6 Å². The monoisotopic (exact) mass is 384 g/mol. The van der Waals surface area contributed by atoms with Gasteiger partial charge in [-0.1, -0.05) is 54.6 Å². The minimum atomic E-state index is 0.0105. The Labute approximate surface area is 170 Å². The Morgan fingerprint density at radius 3 is 1.97 bits per heavy atom. The van der Waals surface area contributed by atoms with Crippen molar-refractivity contribution < 1.29 is 4.79 Å². The zero-order valence-electron chi connectivity index (χ0n) is 16.5. The molecule has 4 heteroatoms. The van der Waals surface area contributed by atoms with Crippen LogP contribution < -0.4 is 5.43 Å². The molecule has 0 saturated carbocycles. The highest BCUT2D eigenvalue weighted by Gasteiger charge is 2.16. The van der Waals surface area contributed by atoms with Crippen LogP contribution in [-0.2, 0) is 17.8 Å². The molecule has 0 N–H and O–H groups in total. The van der Waals surface area contributed by atoms with Gasteiger partial charge in [0.25, 0.3) is 0 Å². The van der Waals surface area contributed by atoms with Crippen LogP contribution in [0.25, 0.3) is 21.8 Å². The standard InChI is InChI=1S/C25H24N2O2/c1-2-26(17-16-19-10-4-3-5-11-19)24(28)18-27-22-14-8-6-12-20(22)25(29)21-13-7-9-15-23(21)27/h3-15H,2,16-18H2,1H3. The Bertz CT molecular complexity index is 1150. The number of nitrogens with zero attached hydrogens (tertiary/aromatic N) is 2. The maximum absolute atomic E-state index is 13.2. The third-order valence-electron chi connectivity index (χ3n) is 5.42. The van der Waals surface area contributed by atoms with Crippen LogP contribution in [0.3, 0.4) is 0 Å². The number of hydrogen-bond acceptors (Lipinski definition) is 2. The van der Waals surface area contributed by atoms with Crippen LogP contribution in [0, 0.1) is 0 Å². The van der Waals surface area contributed by atoms with Crippen molar-refractivity contribution in [3.63, 3.8) is 0 Å². The Hall–Kier alpha value is -3.40. The summed E-state index contributed by atoms with van der Waals surface area (Å²) in [5.74, 6) is 0.0578. The molecule has 0 unspecified atom stereocenters. The van der Waals surface area contributed by atoms with Crippen LogP contribution in [0.2, 0.25) is 0 Å². The number of likely N-dealkylation sites (N-methyl/N-ethyl adjacent to an activating group) is 1. The van der Waals surface area contributed by atoms with Gasteiger partial charge in [0.2, 0.25) is 5.91 Å². The predicted molar refractivity (Wildman–Crippen MR) is 118 cm³/mol. The molecule has 4 rings (SSSR count). The lowest BCUT2D eigenvalue weighted by atomic mass is 10.1. The first kappa shape index (κ1) is 18.9. The molecule has 4 nitrogen and oxygen atoms in total. The van der Waals surface area contributed by atoms with Crippen molar-refractivity contribution in [2.75, 3.05) is 13.1 Å². The van der Waals surface area contributed by atoms with Crippen LogP contribution >= 0.6 is 0 Å². The fourth-order valence-electron chi connectivity index (χ4n) is 3.85. The van der Waals surface area contributed by atoms with Crippen molar-refractivity contribution >= 4 is 27.7 Å². The third kappa shape index (κ3) is 3.79. The van der Waals surface area contributed by atoms with Gasteiger partial charge in [0.05, 0.1) is 11.0 Å². The van der Waals surface area contributed by atoms with Gasteiger partial charge in [-0.3, -0.25) is 9.59 Å². The fourth-order valence-corrected chi connectivity index (χ4v) is 3.85. The number of pyridine rings is 1. The Morgan fingerprint density at radius 2 is 1.38 bits per heavy atom. The number of benzene rings is 3. The lowest BCUT2D eigenvalue weighted by Crippen LogP contribution is -2.35. The second kappa shape index (κ2) is 8.31. The second-order valence-electron chi connectivity index (χ2n) is 7.16. The lowest BCUT2D eigenvalue weighted by Gasteiger charge is -2.23. The van der Waals surface area contributed by atoms with E-state index in [-0.39, 0.29) is 17.9 Å². The SMILES string of the molecule is CCN(CCc1ccccc1)C(=O)Cn1c2ccccc2c(=O)c2ccccc21. The highest BCUT2D eigenvalue weighted by atomic mass is 16.2. The molecular formula is C25H24N2O2. The summed E-state index contributed by atoms with van der Waals surface area (Å²) in [7, 11) is 0. The summed E-state index contributed by atoms with van der Waals surface area (Å²) in [5, 5.41) is 1.29. The number of fused-ring (bicyclic) bond motifs is 2. The molecule has 0 aliphatic heterocycles. The zero-order valence-corrected chi connectivity index (χ0v) is 16.5. The average Bonchev–Trinajstić information content (AvgIpc) is 2.78. The largest absolute Gasteiger partial charge is 0.341 e. The van der Waals surface area contributed by atoms with Gasteiger partial charge < -0.3 is 9.47 Å². The van der Waals surface area contributed by atoms with Crippen LogP contribution in [-0.4, -0.2) is 28.5 Å². The molecule has 0 saturated heterocycles. The molecule has 0 fully saturated rings. The first-order chi connectivity index (χ1) is 14.2. The molecule has 0 spiro atoms. The molecule has 0 aliphatic carbocycles. The third-order valence-corrected chi connectivity index (χ3v) is 5.42. The Kier molecular flexibility index (Phi) is 5.43. The fraction of sp³-hybridized carbons (Fsp3) is 0.200. The van der Waals surface area contributed by atoms with E-state index in [4.69, 9.17) is 0 Å². The minimum Gasteiger partial charge on any atom is -0.341 e. The summed E-state index contributed by atoms with van der Waals surface area (Å²) in [5.41, 5.74) is 2.82. The highest BCUT2D eigenvalue weighted by molar-refractivity contribution is 5.94. The summed E-state index contributed by atoms with van der Waals surface area (Å²) >= 11 is 0. The van der Waals surface area contributed by atoms with Crippen molar-refractivity contribution in [1.29, 1.82) is 0 Å². The summed E-state index contributed by atoms with van der Waals surface area (Å²) in [6.45, 7) is 3.55. The van der Waals surface area contributed by atoms with Gasteiger partial charge in [0.1, 0.15) is 6.54 Å². The number of carbonyl (C=O) groups excluding carboxylic acids is 1. The maximum Gasteiger partial charge on any atom is 0.242 e. The van der Waals surface area contributed by atoms with Gasteiger partial charge in [-0.05, 0) is 43.2 Å². The zero-order chi connectivity index (χ0) is 20.2. The van der Waals surface area contributed by atoms with E-state index in [1.807, 2.05) is 83.1 Å². The molecule has 1 aromatic heterocycles. The molecule has 29 heavy (non-hydrogen) atoms. The summed E-state index contributed by atoms with van der Waals surface area (Å²) in [6, 6.07) is 25.2. The Morgan fingerprint density at radius 1 is 0.828 bits per heavy atom. The van der Waals surface area contributed by atoms with Crippen molar-refractivity contribution in [2.24, 2.45) is 0 Å². The topological polar surface area (TPSA) is 42.3 Å². The van der Waals surface area contributed by atoms with E-state index in [2.05, 4.69) is 12.1 Å². The first-order valence-corrected chi connectivity index (χ1v) is 10.0. The quantitative estimate of drug-likeness (QED) is 0.467. The van der Waals surface area contributed by atoms with Crippen molar-refractivity contribution in [1.82, 2.24) is 9.47 Å². The molecule has 0 aliphatic rings. The van der Waals surface area contributed by atoms with E-state index in [0.717, 1.165) is 17.5 Å². The van der Waals surface area contributed by atoms with Crippen LogP contribution in [0.1, 0.15) is 12.5 Å². The number of carbonyl (C=O) groups is 1. The van der Waals surface area contributed by atoms with Crippen LogP contribution in [0.5, 0.6) is 0 Å². The lowest BCUT2D eigenvalue weighted by molar-refractivity contribution is -0.131. The second-order valence-corrected chi connectivity index (χ2v) is 7.16. The average molecular weight is 384 g/mol. The van der Waals surface area contributed by atoms with Crippen LogP contribution in [0.4, 0.5) is 0 Å². The Balaban J connectivity index is 1.68. The van der Waals surface area contributed by atoms with Crippen molar-refractivity contribution in [2.45, 2.75) is 19.9 Å². The van der Waals surface area contributed by atoms with Gasteiger partial charge in [0, 0.05) is 23.9 Å². The molecule has 3 aromatic carbocycles. The van der Waals surface area contributed by atoms with Crippen LogP contribution in [0.15, 0.2) is 83.7 Å². The molecule has 1 heterocycles. The smallest absolute Gasteiger partial charge is 0.242 e. The van der Waals surface area contributed by atoms with Gasteiger partial charge in [-0.15, -0.1) is 0 Å². The minimum absolute atomic E-state index is 0.0105. The molecule has 0 atom stereocenters. The number of para-hydroxylation sites is 2. The van der Waals surface area contributed by atoms with Gasteiger partial charge in [-0.2, -0.15) is 0 Å². The van der Waals surface area contributed by atoms with E-state index >= 15 is 0 Å². The molecule has 1 amide bonds. The van der Waals surface area contributed by atoms with E-state index < -0.39 is 0 Å². The maximum atomic E-state index is 13.2. The number of aromatic nitrogens is 1.